The van der Waals surface area contributed by atoms with E-state index in [4.69, 9.17) is 0 Å². The molecule has 1 aromatic heterocycles. The lowest BCUT2D eigenvalue weighted by Crippen LogP contribution is -2.10. The van der Waals surface area contributed by atoms with Crippen molar-refractivity contribution in [3.63, 3.8) is 0 Å². The van der Waals surface area contributed by atoms with Gasteiger partial charge in [-0.1, -0.05) is 57.2 Å². The van der Waals surface area contributed by atoms with Crippen LogP contribution < -0.4 is 0 Å². The number of rotatable bonds is 1. The fourth-order valence-electron chi connectivity index (χ4n) is 2.39. The number of pyridine rings is 1. The van der Waals surface area contributed by atoms with Gasteiger partial charge in [0.1, 0.15) is 0 Å². The molecule has 0 spiro atoms. The van der Waals surface area contributed by atoms with E-state index in [0.29, 0.717) is 0 Å². The Morgan fingerprint density at radius 1 is 0.800 bits per heavy atom. The van der Waals surface area contributed by atoms with Gasteiger partial charge >= 0.3 is 0 Å². The van der Waals surface area contributed by atoms with Crippen LogP contribution in [0.5, 0.6) is 0 Å². The van der Waals surface area contributed by atoms with Gasteiger partial charge in [-0.05, 0) is 34.7 Å². The topological polar surface area (TPSA) is 12.9 Å². The van der Waals surface area contributed by atoms with E-state index in [1.807, 2.05) is 12.3 Å². The van der Waals surface area contributed by atoms with Crippen molar-refractivity contribution in [2.45, 2.75) is 26.2 Å². The minimum absolute atomic E-state index is 0.164. The molecular weight excluding hydrogens is 242 g/mol. The molecule has 2 aromatic carbocycles. The zero-order valence-corrected chi connectivity index (χ0v) is 12.2. The van der Waals surface area contributed by atoms with Gasteiger partial charge in [0, 0.05) is 17.1 Å². The third-order valence-electron chi connectivity index (χ3n) is 3.65. The summed E-state index contributed by atoms with van der Waals surface area (Å²) in [7, 11) is 0. The Labute approximate surface area is 120 Å². The average Bonchev–Trinajstić information content (AvgIpc) is 2.46. The summed E-state index contributed by atoms with van der Waals surface area (Å²) in [5, 5.41) is 1.21. The van der Waals surface area contributed by atoms with Crippen molar-refractivity contribution in [1.82, 2.24) is 4.98 Å². The molecule has 0 fully saturated rings. The molecule has 0 aliphatic heterocycles. The highest BCUT2D eigenvalue weighted by atomic mass is 14.6. The Hall–Kier alpha value is -2.15. The van der Waals surface area contributed by atoms with Gasteiger partial charge in [0.15, 0.2) is 0 Å². The van der Waals surface area contributed by atoms with Crippen LogP contribution in [0.1, 0.15) is 26.3 Å². The minimum Gasteiger partial charge on any atom is -0.256 e. The molecule has 0 aliphatic carbocycles. The van der Waals surface area contributed by atoms with E-state index in [9.17, 15) is 0 Å². The minimum atomic E-state index is 0.164. The molecule has 1 heterocycles. The van der Waals surface area contributed by atoms with Crippen LogP contribution >= 0.6 is 0 Å². The van der Waals surface area contributed by atoms with Crippen molar-refractivity contribution in [3.05, 3.63) is 66.4 Å². The summed E-state index contributed by atoms with van der Waals surface area (Å²) in [6, 6.07) is 19.2. The molecule has 0 aliphatic rings. The Balaban J connectivity index is 2.14. The number of hydrogen-bond donors (Lipinski definition) is 0. The van der Waals surface area contributed by atoms with E-state index in [2.05, 4.69) is 74.3 Å². The molecule has 0 N–H and O–H groups in total. The van der Waals surface area contributed by atoms with Crippen molar-refractivity contribution in [3.8, 4) is 11.1 Å². The summed E-state index contributed by atoms with van der Waals surface area (Å²) in [6.45, 7) is 6.72. The fraction of sp³-hybridized carbons (Fsp3) is 0.211. The van der Waals surface area contributed by atoms with Gasteiger partial charge < -0.3 is 0 Å². The highest BCUT2D eigenvalue weighted by Crippen LogP contribution is 2.28. The monoisotopic (exact) mass is 261 g/mol. The normalized spacial score (nSPS) is 11.8. The van der Waals surface area contributed by atoms with E-state index in [0.717, 1.165) is 5.52 Å². The van der Waals surface area contributed by atoms with Gasteiger partial charge in [-0.2, -0.15) is 0 Å². The summed E-state index contributed by atoms with van der Waals surface area (Å²) >= 11 is 0. The lowest BCUT2D eigenvalue weighted by Gasteiger charge is -2.19. The predicted octanol–water partition coefficient (Wildman–Crippen LogP) is 5.20. The van der Waals surface area contributed by atoms with Gasteiger partial charge in [-0.3, -0.25) is 4.98 Å². The molecule has 0 saturated heterocycles. The summed E-state index contributed by atoms with van der Waals surface area (Å²) in [6.07, 6.45) is 1.95. The zero-order valence-electron chi connectivity index (χ0n) is 12.2. The van der Waals surface area contributed by atoms with E-state index in [-0.39, 0.29) is 5.41 Å². The average molecular weight is 261 g/mol. The smallest absolute Gasteiger partial charge is 0.0702 e. The van der Waals surface area contributed by atoms with Gasteiger partial charge in [0.2, 0.25) is 0 Å². The molecule has 0 atom stereocenters. The van der Waals surface area contributed by atoms with Gasteiger partial charge in [0.05, 0.1) is 5.52 Å². The SMILES string of the molecule is CC(C)(C)c1ccc2ncc(-c3ccccc3)cc2c1. The number of hydrogen-bond acceptors (Lipinski definition) is 1. The summed E-state index contributed by atoms with van der Waals surface area (Å²) in [5.41, 5.74) is 4.94. The third-order valence-corrected chi connectivity index (χ3v) is 3.65. The maximum Gasteiger partial charge on any atom is 0.0702 e. The Kier molecular flexibility index (Phi) is 3.06. The Morgan fingerprint density at radius 3 is 2.25 bits per heavy atom. The molecule has 3 rings (SSSR count). The molecule has 20 heavy (non-hydrogen) atoms. The first kappa shape index (κ1) is 12.9. The van der Waals surface area contributed by atoms with Crippen LogP contribution in [0.25, 0.3) is 22.0 Å². The number of fused-ring (bicyclic) bond motifs is 1. The van der Waals surface area contributed by atoms with Crippen LogP contribution in [0.15, 0.2) is 60.8 Å². The second-order valence-electron chi connectivity index (χ2n) is 6.25. The van der Waals surface area contributed by atoms with E-state index >= 15 is 0 Å². The van der Waals surface area contributed by atoms with Crippen LogP contribution in [-0.4, -0.2) is 4.98 Å². The summed E-state index contributed by atoms with van der Waals surface area (Å²) in [5.74, 6) is 0. The van der Waals surface area contributed by atoms with E-state index in [1.54, 1.807) is 0 Å². The molecule has 100 valence electrons. The molecule has 0 amide bonds. The van der Waals surface area contributed by atoms with Crippen molar-refractivity contribution < 1.29 is 0 Å². The summed E-state index contributed by atoms with van der Waals surface area (Å²) in [4.78, 5) is 4.58. The fourth-order valence-corrected chi connectivity index (χ4v) is 2.39. The molecule has 0 bridgehead atoms. The van der Waals surface area contributed by atoms with Crippen LogP contribution in [-0.2, 0) is 5.41 Å². The first-order valence-electron chi connectivity index (χ1n) is 7.00. The maximum absolute atomic E-state index is 4.58. The lowest BCUT2D eigenvalue weighted by atomic mass is 9.86. The molecule has 0 saturated carbocycles. The molecular formula is C19H19N. The maximum atomic E-state index is 4.58. The zero-order chi connectivity index (χ0) is 14.2. The van der Waals surface area contributed by atoms with Crippen LogP contribution in [0.2, 0.25) is 0 Å². The molecule has 3 aromatic rings. The number of benzene rings is 2. The number of nitrogens with zero attached hydrogens (tertiary/aromatic N) is 1. The van der Waals surface area contributed by atoms with Gasteiger partial charge in [0.25, 0.3) is 0 Å². The molecule has 1 nitrogen and oxygen atoms in total. The first-order chi connectivity index (χ1) is 9.54. The van der Waals surface area contributed by atoms with Gasteiger partial charge in [-0.25, -0.2) is 0 Å². The van der Waals surface area contributed by atoms with Crippen molar-refractivity contribution >= 4 is 10.9 Å². The molecule has 1 heteroatoms. The van der Waals surface area contributed by atoms with Crippen LogP contribution in [0.3, 0.4) is 0 Å². The second kappa shape index (κ2) is 4.75. The quantitative estimate of drug-likeness (QED) is 0.586. The van der Waals surface area contributed by atoms with Crippen LogP contribution in [0.4, 0.5) is 0 Å². The largest absolute Gasteiger partial charge is 0.256 e. The standard InChI is InChI=1S/C19H19N/c1-19(2,3)17-9-10-18-15(12-17)11-16(13-20-18)14-7-5-4-6-8-14/h4-13H,1-3H3. The van der Waals surface area contributed by atoms with E-state index < -0.39 is 0 Å². The highest BCUT2D eigenvalue weighted by molar-refractivity contribution is 5.84. The lowest BCUT2D eigenvalue weighted by molar-refractivity contribution is 0.591. The Morgan fingerprint density at radius 2 is 1.55 bits per heavy atom. The molecule has 0 radical (unpaired) electrons. The Bertz CT molecular complexity index is 737. The first-order valence-corrected chi connectivity index (χ1v) is 7.00. The third kappa shape index (κ3) is 2.44. The number of aromatic nitrogens is 1. The van der Waals surface area contributed by atoms with Crippen LogP contribution in [0, 0.1) is 0 Å². The van der Waals surface area contributed by atoms with Crippen molar-refractivity contribution in [2.24, 2.45) is 0 Å². The predicted molar refractivity (Wildman–Crippen MR) is 85.9 cm³/mol. The van der Waals surface area contributed by atoms with E-state index in [1.165, 1.54) is 22.1 Å². The van der Waals surface area contributed by atoms with Gasteiger partial charge in [-0.15, -0.1) is 0 Å². The van der Waals surface area contributed by atoms with Crippen molar-refractivity contribution in [2.75, 3.05) is 0 Å². The second-order valence-corrected chi connectivity index (χ2v) is 6.25. The molecule has 0 unspecified atom stereocenters. The van der Waals surface area contributed by atoms with Crippen molar-refractivity contribution in [1.29, 1.82) is 0 Å². The summed E-state index contributed by atoms with van der Waals surface area (Å²) < 4.78 is 0. The highest BCUT2D eigenvalue weighted by Gasteiger charge is 2.14.